The van der Waals surface area contributed by atoms with Crippen molar-refractivity contribution in [2.24, 2.45) is 0 Å². The van der Waals surface area contributed by atoms with E-state index in [2.05, 4.69) is 10.0 Å². The molecule has 0 radical (unpaired) electrons. The van der Waals surface area contributed by atoms with Crippen LogP contribution in [0.4, 0.5) is 0 Å². The van der Waals surface area contributed by atoms with Crippen molar-refractivity contribution in [1.29, 1.82) is 0 Å². The van der Waals surface area contributed by atoms with Crippen LogP contribution in [-0.4, -0.2) is 58.7 Å². The zero-order chi connectivity index (χ0) is 13.6. The molecule has 0 saturated carbocycles. The summed E-state index contributed by atoms with van der Waals surface area (Å²) < 4.78 is 33.7. The normalized spacial score (nSPS) is 25.6. The molecule has 0 spiro atoms. The van der Waals surface area contributed by atoms with Crippen LogP contribution in [0.1, 0.15) is 26.2 Å². The average molecular weight is 279 g/mol. The fourth-order valence-corrected chi connectivity index (χ4v) is 3.31. The Balaban J connectivity index is 2.51. The highest BCUT2D eigenvalue weighted by Crippen LogP contribution is 2.19. The summed E-state index contributed by atoms with van der Waals surface area (Å²) in [5.41, 5.74) is -0.478. The van der Waals surface area contributed by atoms with Crippen LogP contribution < -0.4 is 10.0 Å². The molecule has 0 aliphatic carbocycles. The molecule has 6 nitrogen and oxygen atoms in total. The molecule has 0 aromatic heterocycles. The lowest BCUT2D eigenvalue weighted by atomic mass is 9.97. The van der Waals surface area contributed by atoms with Crippen LogP contribution in [0.15, 0.2) is 0 Å². The highest BCUT2D eigenvalue weighted by Gasteiger charge is 2.33. The number of ether oxygens (including phenoxy) is 1. The molecule has 1 heterocycles. The SMILES string of the molecule is CNCCCN(C)S(=O)(=O)NC1(C)CCCOC1. The third kappa shape index (κ3) is 4.81. The summed E-state index contributed by atoms with van der Waals surface area (Å²) >= 11 is 0. The molecule has 1 fully saturated rings. The minimum atomic E-state index is -3.42. The minimum Gasteiger partial charge on any atom is -0.380 e. The molecule has 18 heavy (non-hydrogen) atoms. The number of nitrogens with one attached hydrogen (secondary N) is 2. The first kappa shape index (κ1) is 15.8. The molecule has 0 bridgehead atoms. The van der Waals surface area contributed by atoms with Crippen LogP contribution in [0.3, 0.4) is 0 Å². The second-order valence-corrected chi connectivity index (χ2v) is 6.88. The monoisotopic (exact) mass is 279 g/mol. The molecule has 1 atom stereocenters. The molecule has 1 aliphatic heterocycles. The predicted molar refractivity (Wildman–Crippen MR) is 71.7 cm³/mol. The van der Waals surface area contributed by atoms with E-state index in [-0.39, 0.29) is 0 Å². The average Bonchev–Trinajstić information content (AvgIpc) is 2.28. The van der Waals surface area contributed by atoms with Crippen molar-refractivity contribution < 1.29 is 13.2 Å². The Kier molecular flexibility index (Phi) is 6.00. The first-order valence-corrected chi connectivity index (χ1v) is 7.81. The van der Waals surface area contributed by atoms with Gasteiger partial charge in [0.2, 0.25) is 0 Å². The number of rotatable bonds is 7. The van der Waals surface area contributed by atoms with Crippen molar-refractivity contribution in [3.63, 3.8) is 0 Å². The van der Waals surface area contributed by atoms with Crippen molar-refractivity contribution >= 4 is 10.2 Å². The maximum absolute atomic E-state index is 12.1. The summed E-state index contributed by atoms with van der Waals surface area (Å²) in [5.74, 6) is 0. The van der Waals surface area contributed by atoms with Gasteiger partial charge in [-0.05, 0) is 39.8 Å². The standard InChI is InChI=1S/C11H25N3O3S/c1-11(6-4-9-17-10-11)13-18(15,16)14(3)8-5-7-12-2/h12-13H,4-10H2,1-3H3. The van der Waals surface area contributed by atoms with E-state index in [1.54, 1.807) is 7.05 Å². The van der Waals surface area contributed by atoms with E-state index in [0.29, 0.717) is 13.2 Å². The zero-order valence-electron chi connectivity index (χ0n) is 11.5. The van der Waals surface area contributed by atoms with Crippen molar-refractivity contribution in [3.8, 4) is 0 Å². The number of hydrogen-bond donors (Lipinski definition) is 2. The van der Waals surface area contributed by atoms with Gasteiger partial charge in [-0.15, -0.1) is 0 Å². The van der Waals surface area contributed by atoms with Gasteiger partial charge < -0.3 is 10.1 Å². The molecule has 0 aromatic rings. The van der Waals surface area contributed by atoms with Crippen LogP contribution in [0.5, 0.6) is 0 Å². The number of nitrogens with zero attached hydrogens (tertiary/aromatic N) is 1. The van der Waals surface area contributed by atoms with E-state index in [1.807, 2.05) is 14.0 Å². The third-order valence-electron chi connectivity index (χ3n) is 3.12. The predicted octanol–water partition coefficient (Wildman–Crippen LogP) is -0.0688. The van der Waals surface area contributed by atoms with Gasteiger partial charge in [0.15, 0.2) is 0 Å². The first-order valence-electron chi connectivity index (χ1n) is 6.37. The number of hydrogen-bond acceptors (Lipinski definition) is 4. The van der Waals surface area contributed by atoms with E-state index < -0.39 is 15.7 Å². The smallest absolute Gasteiger partial charge is 0.279 e. The molecule has 2 N–H and O–H groups in total. The summed E-state index contributed by atoms with van der Waals surface area (Å²) in [6.45, 7) is 4.37. The second kappa shape index (κ2) is 6.81. The molecule has 1 unspecified atom stereocenters. The fourth-order valence-electron chi connectivity index (χ4n) is 2.00. The quantitative estimate of drug-likeness (QED) is 0.640. The molecule has 0 aromatic carbocycles. The van der Waals surface area contributed by atoms with Crippen LogP contribution in [0, 0.1) is 0 Å². The van der Waals surface area contributed by atoms with Gasteiger partial charge in [0.05, 0.1) is 12.1 Å². The molecule has 1 saturated heterocycles. The molecule has 7 heteroatoms. The first-order chi connectivity index (χ1) is 8.40. The van der Waals surface area contributed by atoms with Gasteiger partial charge in [-0.25, -0.2) is 0 Å². The Labute approximate surface area is 110 Å². The van der Waals surface area contributed by atoms with Crippen molar-refractivity contribution in [2.75, 3.05) is 40.4 Å². The third-order valence-corrected chi connectivity index (χ3v) is 4.88. The van der Waals surface area contributed by atoms with E-state index in [9.17, 15) is 8.42 Å². The maximum atomic E-state index is 12.1. The van der Waals surface area contributed by atoms with Gasteiger partial charge in [-0.1, -0.05) is 0 Å². The molecule has 1 aliphatic rings. The van der Waals surface area contributed by atoms with E-state index in [4.69, 9.17) is 4.74 Å². The van der Waals surface area contributed by atoms with Crippen LogP contribution in [0.2, 0.25) is 0 Å². The fraction of sp³-hybridized carbons (Fsp3) is 1.00. The Morgan fingerprint density at radius 3 is 2.72 bits per heavy atom. The van der Waals surface area contributed by atoms with Crippen LogP contribution in [-0.2, 0) is 14.9 Å². The van der Waals surface area contributed by atoms with E-state index in [0.717, 1.165) is 32.4 Å². The lowest BCUT2D eigenvalue weighted by Gasteiger charge is -2.35. The summed E-state index contributed by atoms with van der Waals surface area (Å²) in [6.07, 6.45) is 2.50. The molecule has 108 valence electrons. The Bertz CT molecular complexity index is 339. The Morgan fingerprint density at radius 1 is 1.44 bits per heavy atom. The van der Waals surface area contributed by atoms with Crippen LogP contribution in [0.25, 0.3) is 0 Å². The second-order valence-electron chi connectivity index (χ2n) is 5.10. The largest absolute Gasteiger partial charge is 0.380 e. The summed E-state index contributed by atoms with van der Waals surface area (Å²) in [5, 5.41) is 3.00. The summed E-state index contributed by atoms with van der Waals surface area (Å²) in [4.78, 5) is 0. The van der Waals surface area contributed by atoms with E-state index >= 15 is 0 Å². The van der Waals surface area contributed by atoms with Gasteiger partial charge in [-0.3, -0.25) is 0 Å². The lowest BCUT2D eigenvalue weighted by Crippen LogP contribution is -2.55. The van der Waals surface area contributed by atoms with Gasteiger partial charge in [0.25, 0.3) is 10.2 Å². The lowest BCUT2D eigenvalue weighted by molar-refractivity contribution is 0.0380. The minimum absolute atomic E-state index is 0.441. The highest BCUT2D eigenvalue weighted by atomic mass is 32.2. The molecular formula is C11H25N3O3S. The van der Waals surface area contributed by atoms with E-state index in [1.165, 1.54) is 4.31 Å². The summed E-state index contributed by atoms with van der Waals surface area (Å²) in [6, 6.07) is 0. The van der Waals surface area contributed by atoms with Crippen molar-refractivity contribution in [3.05, 3.63) is 0 Å². The van der Waals surface area contributed by atoms with Gasteiger partial charge in [0.1, 0.15) is 0 Å². The van der Waals surface area contributed by atoms with Crippen LogP contribution >= 0.6 is 0 Å². The van der Waals surface area contributed by atoms with Gasteiger partial charge in [0, 0.05) is 20.2 Å². The van der Waals surface area contributed by atoms with Crippen molar-refractivity contribution in [1.82, 2.24) is 14.3 Å². The molecule has 1 rings (SSSR count). The van der Waals surface area contributed by atoms with Gasteiger partial charge >= 0.3 is 0 Å². The topological polar surface area (TPSA) is 70.7 Å². The molecular weight excluding hydrogens is 254 g/mol. The maximum Gasteiger partial charge on any atom is 0.279 e. The van der Waals surface area contributed by atoms with Gasteiger partial charge in [-0.2, -0.15) is 17.4 Å². The highest BCUT2D eigenvalue weighted by molar-refractivity contribution is 7.87. The van der Waals surface area contributed by atoms with Crippen molar-refractivity contribution in [2.45, 2.75) is 31.7 Å². The molecule has 0 amide bonds. The zero-order valence-corrected chi connectivity index (χ0v) is 12.3. The Hall–Kier alpha value is -0.210. The summed E-state index contributed by atoms with van der Waals surface area (Å²) in [7, 11) is 0.0333. The Morgan fingerprint density at radius 2 is 2.17 bits per heavy atom.